The summed E-state index contributed by atoms with van der Waals surface area (Å²) in [6, 6.07) is 14.6. The Bertz CT molecular complexity index is 629. The Morgan fingerprint density at radius 3 is 2.57 bits per heavy atom. The van der Waals surface area contributed by atoms with Crippen LogP contribution in [0.2, 0.25) is 0 Å². The number of nitro groups is 1. The van der Waals surface area contributed by atoms with E-state index in [9.17, 15) is 14.9 Å². The minimum absolute atomic E-state index is 0.0502. The summed E-state index contributed by atoms with van der Waals surface area (Å²) in [7, 11) is 0. The highest BCUT2D eigenvalue weighted by atomic mass is 32.2. The van der Waals surface area contributed by atoms with Gasteiger partial charge in [-0.15, -0.1) is 11.8 Å². The van der Waals surface area contributed by atoms with Gasteiger partial charge in [0.2, 0.25) is 0 Å². The third-order valence-electron chi connectivity index (χ3n) is 3.04. The monoisotopic (exact) mass is 301 g/mol. The molecule has 2 aromatic carbocycles. The van der Waals surface area contributed by atoms with E-state index in [-0.39, 0.29) is 5.69 Å². The number of hydrogen-bond donors (Lipinski definition) is 0. The number of carbonyl (C=O) groups excluding carboxylic acids is 1. The molecule has 0 heterocycles. The molecule has 5 heteroatoms. The molecular weight excluding hydrogens is 286 g/mol. The van der Waals surface area contributed by atoms with Crippen molar-refractivity contribution in [3.8, 4) is 0 Å². The van der Waals surface area contributed by atoms with E-state index in [2.05, 4.69) is 12.1 Å². The van der Waals surface area contributed by atoms with Crippen molar-refractivity contribution in [3.05, 3.63) is 69.8 Å². The number of hydrogen-bond acceptors (Lipinski definition) is 4. The second-order valence-corrected chi connectivity index (χ2v) is 5.67. The first-order valence-electron chi connectivity index (χ1n) is 6.61. The summed E-state index contributed by atoms with van der Waals surface area (Å²) in [5, 5.41) is 10.7. The standard InChI is InChI=1S/C16H15NO3S/c18-12-14-11-15(17(19)20)8-9-16(14)21-10-4-7-13-5-2-1-3-6-13/h1-3,5-6,8-9,11-12H,4,7,10H2. The molecule has 0 unspecified atom stereocenters. The molecule has 2 rings (SSSR count). The molecule has 21 heavy (non-hydrogen) atoms. The van der Waals surface area contributed by atoms with Gasteiger partial charge >= 0.3 is 0 Å². The molecule has 0 saturated carbocycles. The SMILES string of the molecule is O=Cc1cc([N+](=O)[O-])ccc1SCCCc1ccccc1. The van der Waals surface area contributed by atoms with Gasteiger partial charge in [-0.1, -0.05) is 30.3 Å². The van der Waals surface area contributed by atoms with Crippen molar-refractivity contribution in [1.82, 2.24) is 0 Å². The highest BCUT2D eigenvalue weighted by Gasteiger charge is 2.10. The first-order chi connectivity index (χ1) is 10.2. The number of nitrogens with zero attached hydrogens (tertiary/aromatic N) is 1. The van der Waals surface area contributed by atoms with Crippen LogP contribution in [0.5, 0.6) is 0 Å². The highest BCUT2D eigenvalue weighted by Crippen LogP contribution is 2.26. The minimum atomic E-state index is -0.489. The maximum atomic E-state index is 11.0. The smallest absolute Gasteiger partial charge is 0.270 e. The highest BCUT2D eigenvalue weighted by molar-refractivity contribution is 7.99. The van der Waals surface area contributed by atoms with Crippen molar-refractivity contribution in [2.75, 3.05) is 5.75 Å². The molecule has 0 aliphatic heterocycles. The summed E-state index contributed by atoms with van der Waals surface area (Å²) in [6.45, 7) is 0. The number of nitro benzene ring substituents is 1. The molecule has 0 atom stereocenters. The third-order valence-corrected chi connectivity index (χ3v) is 4.22. The molecule has 0 bridgehead atoms. The Labute approximate surface area is 127 Å². The van der Waals surface area contributed by atoms with Gasteiger partial charge in [-0.3, -0.25) is 14.9 Å². The van der Waals surface area contributed by atoms with Crippen LogP contribution >= 0.6 is 11.8 Å². The van der Waals surface area contributed by atoms with Gasteiger partial charge in [0.05, 0.1) is 4.92 Å². The van der Waals surface area contributed by atoms with Crippen LogP contribution in [0.4, 0.5) is 5.69 Å². The van der Waals surface area contributed by atoms with Gasteiger partial charge in [0.1, 0.15) is 0 Å². The normalized spacial score (nSPS) is 10.3. The van der Waals surface area contributed by atoms with Crippen molar-refractivity contribution in [2.24, 2.45) is 0 Å². The predicted octanol–water partition coefficient (Wildman–Crippen LogP) is 4.13. The first-order valence-corrected chi connectivity index (χ1v) is 7.59. The lowest BCUT2D eigenvalue weighted by Crippen LogP contribution is -1.93. The Balaban J connectivity index is 1.91. The maximum absolute atomic E-state index is 11.0. The summed E-state index contributed by atoms with van der Waals surface area (Å²) in [4.78, 5) is 22.0. The van der Waals surface area contributed by atoms with E-state index in [1.165, 1.54) is 17.7 Å². The molecule has 0 aromatic heterocycles. The predicted molar refractivity (Wildman–Crippen MR) is 84.0 cm³/mol. The van der Waals surface area contributed by atoms with Crippen molar-refractivity contribution in [1.29, 1.82) is 0 Å². The molecule has 0 aliphatic carbocycles. The number of aryl methyl sites for hydroxylation is 1. The molecule has 0 aliphatic rings. The molecule has 108 valence electrons. The summed E-state index contributed by atoms with van der Waals surface area (Å²) >= 11 is 1.56. The van der Waals surface area contributed by atoms with Crippen LogP contribution in [-0.2, 0) is 6.42 Å². The van der Waals surface area contributed by atoms with E-state index in [1.807, 2.05) is 18.2 Å². The van der Waals surface area contributed by atoms with E-state index >= 15 is 0 Å². The molecule has 0 amide bonds. The Morgan fingerprint density at radius 1 is 1.14 bits per heavy atom. The fourth-order valence-corrected chi connectivity index (χ4v) is 2.92. The van der Waals surface area contributed by atoms with Crippen LogP contribution in [0.1, 0.15) is 22.3 Å². The summed E-state index contributed by atoms with van der Waals surface area (Å²) in [5.41, 5.74) is 1.62. The fraction of sp³-hybridized carbons (Fsp3) is 0.188. The Morgan fingerprint density at radius 2 is 1.90 bits per heavy atom. The molecule has 0 spiro atoms. The third kappa shape index (κ3) is 4.43. The minimum Gasteiger partial charge on any atom is -0.298 e. The molecule has 2 aromatic rings. The molecule has 0 N–H and O–H groups in total. The van der Waals surface area contributed by atoms with Crippen molar-refractivity contribution < 1.29 is 9.72 Å². The summed E-state index contributed by atoms with van der Waals surface area (Å²) < 4.78 is 0. The largest absolute Gasteiger partial charge is 0.298 e. The second-order valence-electron chi connectivity index (χ2n) is 4.53. The van der Waals surface area contributed by atoms with Crippen LogP contribution in [-0.4, -0.2) is 17.0 Å². The van der Waals surface area contributed by atoms with Crippen LogP contribution in [0.25, 0.3) is 0 Å². The Kier molecular flexibility index (Phi) is 5.51. The zero-order valence-corrected chi connectivity index (χ0v) is 12.2. The number of rotatable bonds is 7. The first kappa shape index (κ1) is 15.3. The van der Waals surface area contributed by atoms with Crippen LogP contribution in [0.3, 0.4) is 0 Å². The quantitative estimate of drug-likeness (QED) is 0.254. The summed E-state index contributed by atoms with van der Waals surface area (Å²) in [5.74, 6) is 0.869. The second kappa shape index (κ2) is 7.59. The van der Waals surface area contributed by atoms with Gasteiger partial charge in [0.25, 0.3) is 5.69 Å². The lowest BCUT2D eigenvalue weighted by atomic mass is 10.1. The maximum Gasteiger partial charge on any atom is 0.270 e. The van der Waals surface area contributed by atoms with E-state index < -0.39 is 4.92 Å². The lowest BCUT2D eigenvalue weighted by Gasteiger charge is -2.05. The topological polar surface area (TPSA) is 60.2 Å². The number of benzene rings is 2. The summed E-state index contributed by atoms with van der Waals surface area (Å²) in [6.07, 6.45) is 2.65. The van der Waals surface area contributed by atoms with Crippen molar-refractivity contribution in [2.45, 2.75) is 17.7 Å². The molecule has 0 saturated heterocycles. The average Bonchev–Trinajstić information content (AvgIpc) is 2.52. The van der Waals surface area contributed by atoms with Crippen LogP contribution in [0, 0.1) is 10.1 Å². The molecule has 4 nitrogen and oxygen atoms in total. The number of non-ortho nitro benzene ring substituents is 1. The van der Waals surface area contributed by atoms with Gasteiger partial charge in [-0.25, -0.2) is 0 Å². The zero-order chi connectivity index (χ0) is 15.1. The molecule has 0 radical (unpaired) electrons. The number of carbonyl (C=O) groups is 1. The van der Waals surface area contributed by atoms with Crippen molar-refractivity contribution in [3.63, 3.8) is 0 Å². The van der Waals surface area contributed by atoms with Crippen LogP contribution < -0.4 is 0 Å². The van der Waals surface area contributed by atoms with E-state index in [1.54, 1.807) is 17.8 Å². The Hall–Kier alpha value is -2.14. The van der Waals surface area contributed by atoms with Gasteiger partial charge in [0, 0.05) is 22.6 Å². The van der Waals surface area contributed by atoms with Crippen LogP contribution in [0.15, 0.2) is 53.4 Å². The average molecular weight is 301 g/mol. The fourth-order valence-electron chi connectivity index (χ4n) is 1.98. The van der Waals surface area contributed by atoms with Gasteiger partial charge in [-0.2, -0.15) is 0 Å². The zero-order valence-electron chi connectivity index (χ0n) is 11.4. The van der Waals surface area contributed by atoms with Gasteiger partial charge < -0.3 is 0 Å². The van der Waals surface area contributed by atoms with E-state index in [0.717, 1.165) is 23.5 Å². The van der Waals surface area contributed by atoms with E-state index in [4.69, 9.17) is 0 Å². The van der Waals surface area contributed by atoms with Crippen molar-refractivity contribution >= 4 is 23.7 Å². The number of thioether (sulfide) groups is 1. The van der Waals surface area contributed by atoms with Gasteiger partial charge in [-0.05, 0) is 30.2 Å². The van der Waals surface area contributed by atoms with E-state index in [0.29, 0.717) is 11.8 Å². The molecule has 0 fully saturated rings. The molecular formula is C16H15NO3S. The number of aldehydes is 1. The lowest BCUT2D eigenvalue weighted by molar-refractivity contribution is -0.384. The van der Waals surface area contributed by atoms with Gasteiger partial charge in [0.15, 0.2) is 6.29 Å².